The Morgan fingerprint density at radius 2 is 1.43 bits per heavy atom. The molecule has 240 valence electrons. The number of sulfonamides is 1. The van der Waals surface area contributed by atoms with Gasteiger partial charge in [-0.3, -0.25) is 19.3 Å². The molecule has 1 heterocycles. The van der Waals surface area contributed by atoms with E-state index < -0.39 is 34.4 Å². The molecular formula is C36H33FN4O5S. The minimum atomic E-state index is -3.95. The maximum atomic E-state index is 13.9. The summed E-state index contributed by atoms with van der Waals surface area (Å²) < 4.78 is 47.0. The molecule has 1 aromatic heterocycles. The Morgan fingerprint density at radius 1 is 0.787 bits per heavy atom. The minimum absolute atomic E-state index is 0.0422. The Hall–Kier alpha value is -5.55. The van der Waals surface area contributed by atoms with Crippen molar-refractivity contribution in [2.24, 2.45) is 0 Å². The Bertz CT molecular complexity index is 1860. The molecule has 0 aliphatic carbocycles. The molecule has 5 aromatic rings. The number of pyridine rings is 1. The van der Waals surface area contributed by atoms with Crippen LogP contribution in [0.5, 0.6) is 5.75 Å². The van der Waals surface area contributed by atoms with E-state index in [0.29, 0.717) is 0 Å². The summed E-state index contributed by atoms with van der Waals surface area (Å²) in [6, 6.07) is 32.1. The van der Waals surface area contributed by atoms with Gasteiger partial charge in [-0.05, 0) is 71.3 Å². The lowest BCUT2D eigenvalue weighted by Crippen LogP contribution is -2.51. The van der Waals surface area contributed by atoms with Crippen LogP contribution in [0.25, 0.3) is 0 Å². The van der Waals surface area contributed by atoms with E-state index in [4.69, 9.17) is 4.74 Å². The molecule has 0 radical (unpaired) electrons. The van der Waals surface area contributed by atoms with Gasteiger partial charge in [-0.2, -0.15) is 0 Å². The van der Waals surface area contributed by atoms with Crippen LogP contribution < -0.4 is 14.8 Å². The third-order valence-electron chi connectivity index (χ3n) is 7.25. The van der Waals surface area contributed by atoms with E-state index >= 15 is 0 Å². The molecular weight excluding hydrogens is 619 g/mol. The van der Waals surface area contributed by atoms with Crippen LogP contribution in [0.15, 0.2) is 139 Å². The summed E-state index contributed by atoms with van der Waals surface area (Å²) in [6.45, 7) is 0.00806. The zero-order valence-electron chi connectivity index (χ0n) is 25.3. The second kappa shape index (κ2) is 15.6. The lowest BCUT2D eigenvalue weighted by molar-refractivity contribution is -0.142. The molecule has 0 saturated heterocycles. The van der Waals surface area contributed by atoms with Gasteiger partial charge in [0.25, 0.3) is 15.9 Å². The van der Waals surface area contributed by atoms with Crippen molar-refractivity contribution in [3.8, 4) is 5.75 Å². The number of rotatable bonds is 14. The van der Waals surface area contributed by atoms with E-state index in [0.717, 1.165) is 28.8 Å². The number of ether oxygens (including phenoxy) is 1. The molecule has 0 spiro atoms. The Kier molecular flexibility index (Phi) is 10.9. The van der Waals surface area contributed by atoms with Gasteiger partial charge in [0.1, 0.15) is 17.6 Å². The number of carbonyl (C=O) groups excluding carboxylic acids is 2. The molecule has 5 rings (SSSR count). The van der Waals surface area contributed by atoms with Crippen LogP contribution in [0.3, 0.4) is 0 Å². The summed E-state index contributed by atoms with van der Waals surface area (Å²) in [5, 5.41) is 2.96. The lowest BCUT2D eigenvalue weighted by Gasteiger charge is -2.31. The number of carbonyl (C=O) groups is 2. The molecule has 0 unspecified atom stereocenters. The maximum Gasteiger partial charge on any atom is 0.261 e. The number of anilines is 1. The molecule has 2 amide bonds. The lowest BCUT2D eigenvalue weighted by atomic mass is 10.0. The number of nitrogens with one attached hydrogen (secondary N) is 2. The zero-order chi connectivity index (χ0) is 33.1. The van der Waals surface area contributed by atoms with Gasteiger partial charge in [0.2, 0.25) is 5.91 Å². The second-order valence-corrected chi connectivity index (χ2v) is 12.3. The fourth-order valence-corrected chi connectivity index (χ4v) is 5.88. The van der Waals surface area contributed by atoms with Crippen molar-refractivity contribution in [1.29, 1.82) is 0 Å². The first kappa shape index (κ1) is 32.8. The summed E-state index contributed by atoms with van der Waals surface area (Å²) in [5.41, 5.74) is 2.75. The van der Waals surface area contributed by atoms with E-state index in [1.165, 1.54) is 41.3 Å². The highest BCUT2D eigenvalue weighted by Crippen LogP contribution is 2.21. The van der Waals surface area contributed by atoms with E-state index in [1.54, 1.807) is 18.5 Å². The highest BCUT2D eigenvalue weighted by atomic mass is 32.2. The van der Waals surface area contributed by atoms with E-state index in [2.05, 4.69) is 15.0 Å². The standard InChI is InChI=1S/C36H33FN4O5S/c37-30-13-15-31(16-14-30)40-47(44,45)33-19-17-32(18-20-33)46-26-35(42)41(25-28-10-5-2-6-11-28)34(22-27-8-3-1-4-9-27)36(43)39-24-29-12-7-21-38-23-29/h1-21,23,34,40H,22,24-26H2,(H,39,43)/t34-/m1/s1. The van der Waals surface area contributed by atoms with Crippen LogP contribution in [-0.4, -0.2) is 42.8 Å². The predicted octanol–water partition coefficient (Wildman–Crippen LogP) is 5.36. The van der Waals surface area contributed by atoms with Gasteiger partial charge in [-0.25, -0.2) is 12.8 Å². The fraction of sp³-hybridized carbons (Fsp3) is 0.139. The predicted molar refractivity (Wildman–Crippen MR) is 176 cm³/mol. The van der Waals surface area contributed by atoms with Crippen molar-refractivity contribution < 1.29 is 27.1 Å². The molecule has 1 atom stereocenters. The smallest absolute Gasteiger partial charge is 0.261 e. The monoisotopic (exact) mass is 652 g/mol. The van der Waals surface area contributed by atoms with Gasteiger partial charge < -0.3 is 15.0 Å². The number of amides is 2. The number of aromatic nitrogens is 1. The van der Waals surface area contributed by atoms with Crippen molar-refractivity contribution in [1.82, 2.24) is 15.2 Å². The quantitative estimate of drug-likeness (QED) is 0.167. The number of halogens is 1. The molecule has 47 heavy (non-hydrogen) atoms. The number of hydrogen-bond acceptors (Lipinski definition) is 6. The number of hydrogen-bond donors (Lipinski definition) is 2. The zero-order valence-corrected chi connectivity index (χ0v) is 26.1. The number of nitrogens with zero attached hydrogens (tertiary/aromatic N) is 2. The molecule has 9 nitrogen and oxygen atoms in total. The first-order chi connectivity index (χ1) is 22.8. The second-order valence-electron chi connectivity index (χ2n) is 10.7. The van der Waals surface area contributed by atoms with E-state index in [9.17, 15) is 22.4 Å². The van der Waals surface area contributed by atoms with Gasteiger partial charge in [0.15, 0.2) is 6.61 Å². The van der Waals surface area contributed by atoms with E-state index in [1.807, 2.05) is 66.7 Å². The first-order valence-corrected chi connectivity index (χ1v) is 16.3. The molecule has 0 aliphatic heterocycles. The largest absolute Gasteiger partial charge is 0.484 e. The topological polar surface area (TPSA) is 118 Å². The van der Waals surface area contributed by atoms with Crippen molar-refractivity contribution in [3.63, 3.8) is 0 Å². The maximum absolute atomic E-state index is 13.9. The third-order valence-corrected chi connectivity index (χ3v) is 8.65. The normalized spacial score (nSPS) is 11.7. The molecule has 0 bridgehead atoms. The molecule has 0 aliphatic rings. The summed E-state index contributed by atoms with van der Waals surface area (Å²) in [7, 11) is -3.95. The van der Waals surface area contributed by atoms with Gasteiger partial charge in [-0.1, -0.05) is 66.7 Å². The summed E-state index contributed by atoms with van der Waals surface area (Å²) in [4.78, 5) is 33.2. The average Bonchev–Trinajstić information content (AvgIpc) is 3.10. The van der Waals surface area contributed by atoms with Crippen LogP contribution in [0.1, 0.15) is 16.7 Å². The molecule has 4 aromatic carbocycles. The average molecular weight is 653 g/mol. The fourth-order valence-electron chi connectivity index (χ4n) is 4.82. The van der Waals surface area contributed by atoms with Crippen molar-refractivity contribution in [3.05, 3.63) is 156 Å². The van der Waals surface area contributed by atoms with Gasteiger partial charge in [0.05, 0.1) is 4.90 Å². The van der Waals surface area contributed by atoms with Crippen molar-refractivity contribution in [2.45, 2.75) is 30.4 Å². The Balaban J connectivity index is 1.33. The minimum Gasteiger partial charge on any atom is -0.484 e. The Morgan fingerprint density at radius 3 is 2.06 bits per heavy atom. The first-order valence-electron chi connectivity index (χ1n) is 14.8. The van der Waals surface area contributed by atoms with Crippen LogP contribution >= 0.6 is 0 Å². The van der Waals surface area contributed by atoms with Crippen LogP contribution in [-0.2, 0) is 39.1 Å². The summed E-state index contributed by atoms with van der Waals surface area (Å²) >= 11 is 0. The highest BCUT2D eigenvalue weighted by Gasteiger charge is 2.30. The van der Waals surface area contributed by atoms with E-state index in [-0.39, 0.29) is 41.7 Å². The molecule has 0 fully saturated rings. The number of benzene rings is 4. The summed E-state index contributed by atoms with van der Waals surface area (Å²) in [5.74, 6) is -0.978. The van der Waals surface area contributed by atoms with Gasteiger partial charge in [-0.15, -0.1) is 0 Å². The van der Waals surface area contributed by atoms with Crippen molar-refractivity contribution in [2.75, 3.05) is 11.3 Å². The SMILES string of the molecule is O=C(NCc1cccnc1)[C@@H](Cc1ccccc1)N(Cc1ccccc1)C(=O)COc1ccc(S(=O)(=O)Nc2ccc(F)cc2)cc1. The molecule has 0 saturated carbocycles. The highest BCUT2D eigenvalue weighted by molar-refractivity contribution is 7.92. The van der Waals surface area contributed by atoms with Gasteiger partial charge in [0, 0.05) is 37.6 Å². The molecule has 2 N–H and O–H groups in total. The Labute approximate surface area is 273 Å². The van der Waals surface area contributed by atoms with Crippen LogP contribution in [0.2, 0.25) is 0 Å². The molecule has 11 heteroatoms. The van der Waals surface area contributed by atoms with Crippen LogP contribution in [0, 0.1) is 5.82 Å². The third kappa shape index (κ3) is 9.47. The van der Waals surface area contributed by atoms with Crippen LogP contribution in [0.4, 0.5) is 10.1 Å². The van der Waals surface area contributed by atoms with Crippen molar-refractivity contribution >= 4 is 27.5 Å². The summed E-state index contributed by atoms with van der Waals surface area (Å²) in [6.07, 6.45) is 3.59. The van der Waals surface area contributed by atoms with Gasteiger partial charge >= 0.3 is 0 Å².